The van der Waals surface area contributed by atoms with Crippen molar-refractivity contribution < 1.29 is 14.4 Å². The molecule has 4 amide bonds. The maximum Gasteiger partial charge on any atom is 0.319 e. The van der Waals surface area contributed by atoms with Crippen LogP contribution in [0.15, 0.2) is 78.9 Å². The minimum Gasteiger partial charge on any atom is -0.351 e. The lowest BCUT2D eigenvalue weighted by Crippen LogP contribution is -2.46. The second-order valence-corrected chi connectivity index (χ2v) is 11.3. The molecule has 1 heterocycles. The number of likely N-dealkylation sites (tertiary alicyclic amines) is 1. The van der Waals surface area contributed by atoms with Gasteiger partial charge in [0.15, 0.2) is 0 Å². The van der Waals surface area contributed by atoms with Crippen LogP contribution >= 0.6 is 0 Å². The number of carbonyl (C=O) groups is 3. The molecule has 3 aromatic carbocycles. The van der Waals surface area contributed by atoms with E-state index in [1.807, 2.05) is 12.1 Å². The van der Waals surface area contributed by atoms with Crippen molar-refractivity contribution in [2.24, 2.45) is 5.73 Å². The molecule has 8 nitrogen and oxygen atoms in total. The van der Waals surface area contributed by atoms with Crippen LogP contribution in [0.4, 0.5) is 16.2 Å². The van der Waals surface area contributed by atoms with E-state index >= 15 is 0 Å². The quantitative estimate of drug-likeness (QED) is 0.200. The van der Waals surface area contributed by atoms with Gasteiger partial charge in [-0.1, -0.05) is 93.3 Å². The van der Waals surface area contributed by atoms with E-state index in [2.05, 4.69) is 71.0 Å². The molecule has 8 heteroatoms. The van der Waals surface area contributed by atoms with Crippen LogP contribution < -0.4 is 21.3 Å². The van der Waals surface area contributed by atoms with Crippen molar-refractivity contribution in [1.29, 1.82) is 0 Å². The summed E-state index contributed by atoms with van der Waals surface area (Å²) in [6.45, 7) is 5.65. The lowest BCUT2D eigenvalue weighted by atomic mass is 9.94. The van der Waals surface area contributed by atoms with Crippen molar-refractivity contribution >= 4 is 29.2 Å². The molecule has 0 spiro atoms. The highest BCUT2D eigenvalue weighted by atomic mass is 16.2. The van der Waals surface area contributed by atoms with Crippen molar-refractivity contribution in [3.8, 4) is 0 Å². The van der Waals surface area contributed by atoms with Gasteiger partial charge in [-0.2, -0.15) is 0 Å². The van der Waals surface area contributed by atoms with Gasteiger partial charge in [0.1, 0.15) is 0 Å². The van der Waals surface area contributed by atoms with E-state index in [9.17, 15) is 14.4 Å². The molecule has 0 aromatic heterocycles. The molecule has 0 radical (unpaired) electrons. The summed E-state index contributed by atoms with van der Waals surface area (Å²) < 4.78 is 0. The first-order valence-electron chi connectivity index (χ1n) is 15.5. The van der Waals surface area contributed by atoms with Crippen molar-refractivity contribution in [2.75, 3.05) is 29.9 Å². The van der Waals surface area contributed by atoms with Crippen LogP contribution in [-0.4, -0.2) is 48.4 Å². The molecule has 1 saturated heterocycles. The number of primary amides is 1. The molecule has 1 fully saturated rings. The number of rotatable bonds is 13. The number of carbonyl (C=O) groups excluding carboxylic acids is 3. The number of unbranched alkanes of at least 4 members (excludes halogenated alkanes) is 4. The Hall–Kier alpha value is -4.17. The number of amides is 4. The van der Waals surface area contributed by atoms with Crippen LogP contribution in [-0.2, 0) is 4.79 Å². The smallest absolute Gasteiger partial charge is 0.319 e. The zero-order chi connectivity index (χ0) is 30.6. The Morgan fingerprint density at radius 1 is 0.884 bits per heavy atom. The third-order valence-corrected chi connectivity index (χ3v) is 8.06. The van der Waals surface area contributed by atoms with Crippen molar-refractivity contribution in [3.63, 3.8) is 0 Å². The van der Waals surface area contributed by atoms with Crippen LogP contribution in [0, 0.1) is 0 Å². The minimum atomic E-state index is -0.599. The zero-order valence-electron chi connectivity index (χ0n) is 25.4. The Bertz CT molecular complexity index is 1300. The predicted molar refractivity (Wildman–Crippen MR) is 173 cm³/mol. The van der Waals surface area contributed by atoms with Crippen LogP contribution in [0.1, 0.15) is 86.3 Å². The van der Waals surface area contributed by atoms with Crippen LogP contribution in [0.25, 0.3) is 0 Å². The largest absolute Gasteiger partial charge is 0.351 e. The summed E-state index contributed by atoms with van der Waals surface area (Å²) in [6, 6.07) is 25.6. The molecule has 43 heavy (non-hydrogen) atoms. The fraction of sp³-hybridized carbons (Fsp3) is 0.400. The predicted octanol–water partition coefficient (Wildman–Crippen LogP) is 6.48. The number of hydrogen-bond donors (Lipinski definition) is 3. The first-order chi connectivity index (χ1) is 20.9. The molecular weight excluding hydrogens is 538 g/mol. The van der Waals surface area contributed by atoms with Crippen LogP contribution in [0.5, 0.6) is 0 Å². The number of urea groups is 1. The zero-order valence-corrected chi connectivity index (χ0v) is 25.4. The van der Waals surface area contributed by atoms with Crippen molar-refractivity contribution in [2.45, 2.75) is 70.9 Å². The average molecular weight is 584 g/mol. The lowest BCUT2D eigenvalue weighted by Gasteiger charge is -2.38. The lowest BCUT2D eigenvalue weighted by molar-refractivity contribution is -0.114. The van der Waals surface area contributed by atoms with E-state index in [4.69, 9.17) is 5.73 Å². The molecule has 3 aromatic rings. The average Bonchev–Trinajstić information content (AvgIpc) is 3.01. The Labute approximate surface area is 255 Å². The van der Waals surface area contributed by atoms with Gasteiger partial charge in [0, 0.05) is 38.3 Å². The molecule has 0 atom stereocenters. The third-order valence-electron chi connectivity index (χ3n) is 8.06. The summed E-state index contributed by atoms with van der Waals surface area (Å²) in [5.41, 5.74) is 9.58. The van der Waals surface area contributed by atoms with E-state index in [0.717, 1.165) is 58.0 Å². The van der Waals surface area contributed by atoms with E-state index in [0.29, 0.717) is 23.5 Å². The van der Waals surface area contributed by atoms with Crippen LogP contribution in [0.3, 0.4) is 0 Å². The molecule has 1 aliphatic rings. The van der Waals surface area contributed by atoms with Crippen LogP contribution in [0.2, 0.25) is 0 Å². The molecule has 4 N–H and O–H groups in total. The Morgan fingerprint density at radius 3 is 2.05 bits per heavy atom. The molecular formula is C35H45N5O3. The monoisotopic (exact) mass is 583 g/mol. The standard InChI is InChI=1S/C35H45N5O3/c1-3-4-5-6-13-22-40(35(36)43)32-19-18-30(37-26(2)41)25-31(32)34(42)38-29-20-23-39(24-21-29)33(27-14-9-7-10-15-27)28-16-11-8-12-17-28/h7-12,14-19,25,29,33H,3-6,13,20-24H2,1-2H3,(H2,36,43)(H,37,41)(H,38,42). The summed E-state index contributed by atoms with van der Waals surface area (Å²) in [6.07, 6.45) is 6.72. The van der Waals surface area contributed by atoms with Gasteiger partial charge in [-0.3, -0.25) is 19.4 Å². The van der Waals surface area contributed by atoms with Gasteiger partial charge in [0.05, 0.1) is 17.3 Å². The van der Waals surface area contributed by atoms with Gasteiger partial charge in [-0.05, 0) is 48.6 Å². The molecule has 228 valence electrons. The highest BCUT2D eigenvalue weighted by molar-refractivity contribution is 6.05. The normalized spacial score (nSPS) is 13.9. The Kier molecular flexibility index (Phi) is 11.7. The summed E-state index contributed by atoms with van der Waals surface area (Å²) in [4.78, 5) is 42.0. The molecule has 4 rings (SSSR count). The highest BCUT2D eigenvalue weighted by Crippen LogP contribution is 2.32. The minimum absolute atomic E-state index is 0.0238. The summed E-state index contributed by atoms with van der Waals surface area (Å²) >= 11 is 0. The van der Waals surface area contributed by atoms with Gasteiger partial charge in [-0.25, -0.2) is 4.79 Å². The number of nitrogens with one attached hydrogen (secondary N) is 2. The molecule has 0 unspecified atom stereocenters. The second kappa shape index (κ2) is 15.9. The summed E-state index contributed by atoms with van der Waals surface area (Å²) in [5.74, 6) is -0.513. The summed E-state index contributed by atoms with van der Waals surface area (Å²) in [5, 5.41) is 5.97. The number of nitrogens with two attached hydrogens (primary N) is 1. The fourth-order valence-electron chi connectivity index (χ4n) is 5.91. The highest BCUT2D eigenvalue weighted by Gasteiger charge is 2.29. The Morgan fingerprint density at radius 2 is 1.49 bits per heavy atom. The second-order valence-electron chi connectivity index (χ2n) is 11.3. The molecule has 0 saturated carbocycles. The van der Waals surface area contributed by atoms with E-state index < -0.39 is 6.03 Å². The van der Waals surface area contributed by atoms with E-state index in [-0.39, 0.29) is 23.9 Å². The number of nitrogens with zero attached hydrogens (tertiary/aromatic N) is 2. The molecule has 0 aliphatic carbocycles. The van der Waals surface area contributed by atoms with Gasteiger partial charge < -0.3 is 16.4 Å². The maximum absolute atomic E-state index is 13.8. The van der Waals surface area contributed by atoms with Crippen molar-refractivity contribution in [3.05, 3.63) is 95.6 Å². The van der Waals surface area contributed by atoms with Crippen molar-refractivity contribution in [1.82, 2.24) is 10.2 Å². The number of anilines is 2. The Balaban J connectivity index is 1.48. The van der Waals surface area contributed by atoms with Gasteiger partial charge in [0.2, 0.25) is 5.91 Å². The SMILES string of the molecule is CCCCCCCN(C(N)=O)c1ccc(NC(C)=O)cc1C(=O)NC1CCN(C(c2ccccc2)c2ccccc2)CC1. The number of benzene rings is 3. The topological polar surface area (TPSA) is 108 Å². The molecule has 1 aliphatic heterocycles. The number of piperidine rings is 1. The maximum atomic E-state index is 13.8. The first kappa shape index (κ1) is 31.8. The van der Waals surface area contributed by atoms with E-state index in [1.54, 1.807) is 18.2 Å². The fourth-order valence-corrected chi connectivity index (χ4v) is 5.91. The third kappa shape index (κ3) is 8.91. The summed E-state index contributed by atoms with van der Waals surface area (Å²) in [7, 11) is 0. The van der Waals surface area contributed by atoms with Gasteiger partial charge in [0.25, 0.3) is 5.91 Å². The molecule has 0 bridgehead atoms. The number of hydrogen-bond acceptors (Lipinski definition) is 4. The van der Waals surface area contributed by atoms with Gasteiger partial charge >= 0.3 is 6.03 Å². The van der Waals surface area contributed by atoms with Gasteiger partial charge in [-0.15, -0.1) is 0 Å². The van der Waals surface area contributed by atoms with E-state index in [1.165, 1.54) is 23.0 Å². The first-order valence-corrected chi connectivity index (χ1v) is 15.5.